The molecule has 6 aromatic rings. The van der Waals surface area contributed by atoms with Crippen molar-refractivity contribution in [3.05, 3.63) is 107 Å². The number of phenolic OH excluding ortho intramolecular Hbond substituents is 1. The van der Waals surface area contributed by atoms with Crippen LogP contribution in [0.5, 0.6) is 23.3 Å². The average molecular weight is 910 g/mol. The number of carboxylic acids is 1. The first-order valence-corrected chi connectivity index (χ1v) is 21.1. The van der Waals surface area contributed by atoms with Crippen LogP contribution < -0.4 is 14.2 Å². The molecule has 330 valence electrons. The summed E-state index contributed by atoms with van der Waals surface area (Å²) in [5.74, 6) is -1.75. The molecule has 0 amide bonds. The van der Waals surface area contributed by atoms with Gasteiger partial charge in [-0.05, 0) is 40.5 Å². The summed E-state index contributed by atoms with van der Waals surface area (Å²) in [5, 5.41) is 34.3. The summed E-state index contributed by atoms with van der Waals surface area (Å²) in [4.78, 5) is 35.7. The molecule has 0 aliphatic carbocycles. The van der Waals surface area contributed by atoms with E-state index in [1.54, 1.807) is 24.3 Å². The van der Waals surface area contributed by atoms with Gasteiger partial charge in [0.1, 0.15) is 35.1 Å². The largest absolute Gasteiger partial charge is 0.506 e. The minimum Gasteiger partial charge on any atom is -0.506 e. The van der Waals surface area contributed by atoms with Gasteiger partial charge < -0.3 is 29.6 Å². The predicted molar refractivity (Wildman–Crippen MR) is 224 cm³/mol. The van der Waals surface area contributed by atoms with Gasteiger partial charge in [-0.15, -0.1) is 11.3 Å². The van der Waals surface area contributed by atoms with Crippen molar-refractivity contribution in [2.75, 3.05) is 45.9 Å². The Morgan fingerprint density at radius 2 is 1.71 bits per heavy atom. The molecule has 9 rings (SSSR count). The minimum atomic E-state index is -4.40. The van der Waals surface area contributed by atoms with Crippen LogP contribution in [0.1, 0.15) is 28.9 Å². The number of nitrogens with zero attached hydrogens (tertiary/aromatic N) is 7. The number of alkyl halides is 3. The Bertz CT molecular complexity index is 2600. The number of piperazine rings is 1. The first-order valence-electron chi connectivity index (χ1n) is 19.9. The van der Waals surface area contributed by atoms with Crippen LogP contribution in [0, 0.1) is 5.82 Å². The number of hydrogen-bond donors (Lipinski definition) is 3. The zero-order valence-corrected chi connectivity index (χ0v) is 35.0. The molecule has 3 aromatic carbocycles. The van der Waals surface area contributed by atoms with Gasteiger partial charge in [0.15, 0.2) is 5.82 Å². The quantitative estimate of drug-likeness (QED) is 0.109. The molecule has 0 saturated carbocycles. The molecule has 0 spiro atoms. The van der Waals surface area contributed by atoms with Crippen molar-refractivity contribution in [3.63, 3.8) is 0 Å². The van der Waals surface area contributed by atoms with Crippen LogP contribution in [0.2, 0.25) is 5.02 Å². The van der Waals surface area contributed by atoms with E-state index in [2.05, 4.69) is 29.7 Å². The van der Waals surface area contributed by atoms with Crippen molar-refractivity contribution in [2.24, 2.45) is 0 Å². The second-order valence-corrected chi connectivity index (χ2v) is 16.4. The molecular formula is C43H40ClF4N7O7S. The molecule has 3 aliphatic heterocycles. The van der Waals surface area contributed by atoms with Crippen LogP contribution in [0.3, 0.4) is 0 Å². The fourth-order valence-electron chi connectivity index (χ4n) is 7.43. The van der Waals surface area contributed by atoms with Gasteiger partial charge >= 0.3 is 12.1 Å². The molecule has 63 heavy (non-hydrogen) atoms. The van der Waals surface area contributed by atoms with Crippen LogP contribution in [-0.2, 0) is 30.9 Å². The van der Waals surface area contributed by atoms with Crippen LogP contribution >= 0.6 is 22.9 Å². The van der Waals surface area contributed by atoms with Gasteiger partial charge in [-0.2, -0.15) is 23.2 Å². The Kier molecular flexibility index (Phi) is 13.2. The van der Waals surface area contributed by atoms with Crippen molar-refractivity contribution >= 4 is 39.1 Å². The van der Waals surface area contributed by atoms with Crippen LogP contribution in [0.15, 0.2) is 73.2 Å². The van der Waals surface area contributed by atoms with Crippen LogP contribution in [0.4, 0.5) is 17.6 Å². The van der Waals surface area contributed by atoms with Crippen LogP contribution in [0.25, 0.3) is 31.8 Å². The highest BCUT2D eigenvalue weighted by Gasteiger charge is 2.30. The number of fused-ring (bicyclic) bond motifs is 6. The third kappa shape index (κ3) is 10.6. The summed E-state index contributed by atoms with van der Waals surface area (Å²) < 4.78 is 70.0. The second-order valence-electron chi connectivity index (χ2n) is 15.0. The number of hydroxylamine groups is 2. The zero-order valence-electron chi connectivity index (χ0n) is 33.4. The molecule has 3 aromatic heterocycles. The first-order chi connectivity index (χ1) is 30.3. The standard InChI is InChI=1S/C43H40ClF4N7O7S/c44-37-27-4-7-30(38(37)56)35-36-40(50-24-51-41(36)63-39(35)26-2-5-29(45)6-3-26)62-32(42(57)58)20-28-19-25(21-54(22-27)13-12-53-14-16-55(59)17-15-53)1-8-31(28)61-23-33-49-11-9-34(52-33)60-18-10-43(46,47)48/h1-9,11,19,24,32,56,59H,10,12-18,20-23H2,(H,57,58)/t32-/m1/s1. The number of ether oxygens (including phenoxy) is 3. The van der Waals surface area contributed by atoms with E-state index in [-0.39, 0.29) is 47.1 Å². The Morgan fingerprint density at radius 1 is 0.937 bits per heavy atom. The molecule has 6 heterocycles. The van der Waals surface area contributed by atoms with E-state index in [0.29, 0.717) is 95.3 Å². The molecule has 0 unspecified atom stereocenters. The van der Waals surface area contributed by atoms with Crippen LogP contribution in [-0.4, -0.2) is 114 Å². The van der Waals surface area contributed by atoms with Gasteiger partial charge in [-0.1, -0.05) is 48.0 Å². The Labute approximate surface area is 366 Å². The molecule has 0 radical (unpaired) electrons. The van der Waals surface area contributed by atoms with Crippen molar-refractivity contribution in [2.45, 2.75) is 44.8 Å². The average Bonchev–Trinajstić information content (AvgIpc) is 3.64. The van der Waals surface area contributed by atoms with E-state index in [4.69, 9.17) is 25.8 Å². The number of aliphatic carboxylic acids is 1. The van der Waals surface area contributed by atoms with Gasteiger partial charge in [-0.3, -0.25) is 9.80 Å². The summed E-state index contributed by atoms with van der Waals surface area (Å²) in [5.41, 5.74) is 3.19. The van der Waals surface area contributed by atoms with Gasteiger partial charge in [-0.25, -0.2) is 24.1 Å². The highest BCUT2D eigenvalue weighted by molar-refractivity contribution is 7.22. The Hall–Kier alpha value is -5.70. The highest BCUT2D eigenvalue weighted by Crippen LogP contribution is 2.51. The number of carboxylic acid groups (broad SMARTS) is 1. The maximum atomic E-state index is 14.2. The SMILES string of the molecule is O=C(O)[C@H]1Cc2cc(ccc2OCc2nccc(OCCC(F)(F)F)n2)CN(CCN2CCN(O)CC2)Cc2ccc(c(O)c2Cl)-c2c(-c3ccc(F)cc3)sc3ncnc(c23)O1. The van der Waals surface area contributed by atoms with E-state index in [0.717, 1.165) is 5.56 Å². The number of carbonyl (C=O) groups is 1. The smallest absolute Gasteiger partial charge is 0.392 e. The summed E-state index contributed by atoms with van der Waals surface area (Å²) in [7, 11) is 0. The fraction of sp³-hybridized carbons (Fsp3) is 0.326. The van der Waals surface area contributed by atoms with E-state index in [9.17, 15) is 37.8 Å². The summed E-state index contributed by atoms with van der Waals surface area (Å²) in [6.45, 7) is 3.35. The molecule has 3 N–H and O–H groups in total. The maximum absolute atomic E-state index is 14.2. The number of phenols is 1. The van der Waals surface area contributed by atoms with Gasteiger partial charge in [0.2, 0.25) is 17.9 Å². The number of rotatable bonds is 11. The fourth-order valence-corrected chi connectivity index (χ4v) is 8.81. The lowest BCUT2D eigenvalue weighted by atomic mass is 9.97. The van der Waals surface area contributed by atoms with Crippen molar-refractivity contribution < 1.29 is 52.0 Å². The lowest BCUT2D eigenvalue weighted by Crippen LogP contribution is -2.47. The predicted octanol–water partition coefficient (Wildman–Crippen LogP) is 7.62. The van der Waals surface area contributed by atoms with Gasteiger partial charge in [0, 0.05) is 87.0 Å². The number of aromatic hydroxyl groups is 1. The Balaban J connectivity index is 1.20. The summed E-state index contributed by atoms with van der Waals surface area (Å²) in [6.07, 6.45) is -4.74. The monoisotopic (exact) mass is 909 g/mol. The lowest BCUT2D eigenvalue weighted by molar-refractivity contribution is -0.145. The summed E-state index contributed by atoms with van der Waals surface area (Å²) in [6, 6.07) is 16.0. The van der Waals surface area contributed by atoms with E-state index in [1.165, 1.54) is 47.1 Å². The molecule has 1 fully saturated rings. The van der Waals surface area contributed by atoms with E-state index < -0.39 is 37.1 Å². The van der Waals surface area contributed by atoms with Gasteiger partial charge in [0.05, 0.1) is 23.4 Å². The second kappa shape index (κ2) is 19.0. The number of aromatic nitrogens is 4. The van der Waals surface area contributed by atoms with E-state index >= 15 is 0 Å². The topological polar surface area (TPSA) is 167 Å². The van der Waals surface area contributed by atoms with Crippen molar-refractivity contribution in [1.29, 1.82) is 0 Å². The molecule has 4 bridgehead atoms. The molecular weight excluding hydrogens is 870 g/mol. The maximum Gasteiger partial charge on any atom is 0.392 e. The summed E-state index contributed by atoms with van der Waals surface area (Å²) >= 11 is 8.27. The minimum absolute atomic E-state index is 0.0661. The van der Waals surface area contributed by atoms with Gasteiger partial charge in [0.25, 0.3) is 0 Å². The molecule has 1 saturated heterocycles. The number of hydrogen-bond acceptors (Lipinski definition) is 14. The number of halogens is 5. The van der Waals surface area contributed by atoms with Crippen molar-refractivity contribution in [3.8, 4) is 44.8 Å². The highest BCUT2D eigenvalue weighted by atomic mass is 35.5. The zero-order chi connectivity index (χ0) is 44.3. The lowest BCUT2D eigenvalue weighted by Gasteiger charge is -2.33. The molecule has 3 aliphatic rings. The molecule has 20 heteroatoms. The van der Waals surface area contributed by atoms with E-state index in [1.807, 2.05) is 18.2 Å². The molecule has 14 nitrogen and oxygen atoms in total. The number of benzene rings is 3. The third-order valence-electron chi connectivity index (χ3n) is 10.6. The third-order valence-corrected chi connectivity index (χ3v) is 12.2. The van der Waals surface area contributed by atoms with Crippen molar-refractivity contribution in [1.82, 2.24) is 34.8 Å². The Morgan fingerprint density at radius 3 is 2.48 bits per heavy atom. The normalized spacial score (nSPS) is 16.6. The molecule has 1 atom stereocenters. The first kappa shape index (κ1) is 43.9. The number of thiophene rings is 1.